The Bertz CT molecular complexity index is 2160. The molecule has 0 unspecified atom stereocenters. The van der Waals surface area contributed by atoms with E-state index in [0.717, 1.165) is 28.3 Å². The molecule has 2 heterocycles. The summed E-state index contributed by atoms with van der Waals surface area (Å²) in [7, 11) is 0. The van der Waals surface area contributed by atoms with Crippen molar-refractivity contribution in [2.24, 2.45) is 4.99 Å². The minimum atomic E-state index is -0.256. The van der Waals surface area contributed by atoms with E-state index in [-0.39, 0.29) is 10.0 Å². The number of quaternary nitrogens is 1. The molecule has 8 rings (SSSR count). The van der Waals surface area contributed by atoms with Gasteiger partial charge in [0.25, 0.3) is 17.2 Å². The number of aromatic nitrogens is 2. The third-order valence-corrected chi connectivity index (χ3v) is 8.44. The van der Waals surface area contributed by atoms with Crippen LogP contribution in [0.4, 0.5) is 40.2 Å². The number of hydrogen-bond acceptors (Lipinski definition) is 4. The monoisotopic (exact) mass is 608 g/mol. The average molecular weight is 609 g/mol. The Labute approximate surface area is 273 Å². The van der Waals surface area contributed by atoms with Crippen molar-refractivity contribution in [3.8, 4) is 5.69 Å². The fraction of sp³-hybridized carbons (Fsp3) is 0. The molecule has 47 heavy (non-hydrogen) atoms. The van der Waals surface area contributed by atoms with Crippen LogP contribution < -0.4 is 14.9 Å². The Balaban J connectivity index is 1.54. The normalized spacial score (nSPS) is 13.1. The van der Waals surface area contributed by atoms with Gasteiger partial charge in [0.05, 0.1) is 11.3 Å². The summed E-state index contributed by atoms with van der Waals surface area (Å²) < 4.78 is 1.72. The summed E-state index contributed by atoms with van der Waals surface area (Å²) >= 11 is 0. The van der Waals surface area contributed by atoms with E-state index >= 15 is 4.79 Å². The molecule has 224 valence electrons. The molecular formula is C41H30N5O+. The SMILES string of the molecule is O=c1c2c(nc(N(c3ccccc3)c3ccccc3)n1-c1ccccc1)[N+](c1ccccc1)(c1ccccc1)C(c1ccccc1)=N2. The molecule has 0 radical (unpaired) electrons. The minimum Gasteiger partial charge on any atom is -0.280 e. The van der Waals surface area contributed by atoms with Crippen LogP contribution in [0.15, 0.2) is 192 Å². The number of hydrogen-bond donors (Lipinski definition) is 0. The highest BCUT2D eigenvalue weighted by Crippen LogP contribution is 2.53. The lowest BCUT2D eigenvalue weighted by Crippen LogP contribution is -2.44. The van der Waals surface area contributed by atoms with Crippen LogP contribution >= 0.6 is 0 Å². The van der Waals surface area contributed by atoms with E-state index in [1.54, 1.807) is 4.57 Å². The zero-order valence-corrected chi connectivity index (χ0v) is 25.5. The molecule has 0 amide bonds. The first-order chi connectivity index (χ1) is 23.3. The topological polar surface area (TPSA) is 50.5 Å². The molecule has 0 saturated heterocycles. The van der Waals surface area contributed by atoms with E-state index in [1.807, 2.05) is 163 Å². The van der Waals surface area contributed by atoms with Crippen LogP contribution in [0.25, 0.3) is 5.69 Å². The second kappa shape index (κ2) is 11.9. The lowest BCUT2D eigenvalue weighted by molar-refractivity contribution is 0.733. The van der Waals surface area contributed by atoms with E-state index in [1.165, 1.54) is 0 Å². The van der Waals surface area contributed by atoms with Gasteiger partial charge in [0.1, 0.15) is 0 Å². The Kier molecular flexibility index (Phi) is 7.09. The van der Waals surface area contributed by atoms with Crippen LogP contribution in [0.5, 0.6) is 0 Å². The molecule has 0 N–H and O–H groups in total. The highest BCUT2D eigenvalue weighted by Gasteiger charge is 2.52. The van der Waals surface area contributed by atoms with Gasteiger partial charge in [0, 0.05) is 35.6 Å². The molecule has 0 atom stereocenters. The van der Waals surface area contributed by atoms with Crippen molar-refractivity contribution in [2.45, 2.75) is 0 Å². The quantitative estimate of drug-likeness (QED) is 0.169. The summed E-state index contributed by atoms with van der Waals surface area (Å²) in [6.07, 6.45) is 0. The number of benzene rings is 6. The van der Waals surface area contributed by atoms with Crippen LogP contribution in [0, 0.1) is 0 Å². The van der Waals surface area contributed by atoms with Crippen molar-refractivity contribution in [3.05, 3.63) is 198 Å². The molecule has 0 bridgehead atoms. The Morgan fingerprint density at radius 1 is 0.511 bits per heavy atom. The Morgan fingerprint density at radius 2 is 0.936 bits per heavy atom. The van der Waals surface area contributed by atoms with Gasteiger partial charge in [-0.3, -0.25) is 9.69 Å². The van der Waals surface area contributed by atoms with Crippen molar-refractivity contribution in [1.82, 2.24) is 14.0 Å². The molecule has 1 aliphatic rings. The third kappa shape index (κ3) is 4.67. The molecule has 7 aromatic rings. The number of amidine groups is 1. The highest BCUT2D eigenvalue weighted by atomic mass is 16.1. The maximum absolute atomic E-state index is 15.2. The second-order valence-electron chi connectivity index (χ2n) is 11.2. The van der Waals surface area contributed by atoms with Gasteiger partial charge in [-0.05, 0) is 48.5 Å². The van der Waals surface area contributed by atoms with Gasteiger partial charge in [0.15, 0.2) is 11.4 Å². The van der Waals surface area contributed by atoms with Gasteiger partial charge >= 0.3 is 0 Å². The minimum absolute atomic E-state index is 0.0380. The standard InChI is InChI=1S/C41H30N5O/c47-40-37-39(46(35-27-15-5-16-28-35,36-29-17-6-18-30-36)38(42-37)31-19-7-1-8-20-31)43-41(45(40)34-25-13-4-14-26-34)44(32-21-9-2-10-22-32)33-23-11-3-12-24-33/h1-30H/q+1. The summed E-state index contributed by atoms with van der Waals surface area (Å²) in [5, 5.41) is 0. The number of anilines is 3. The van der Waals surface area contributed by atoms with Crippen LogP contribution in [-0.2, 0) is 0 Å². The molecular weight excluding hydrogens is 578 g/mol. The average Bonchev–Trinajstić information content (AvgIpc) is 3.50. The molecule has 0 aliphatic carbocycles. The van der Waals surface area contributed by atoms with Crippen LogP contribution in [-0.4, -0.2) is 15.4 Å². The summed E-state index contributed by atoms with van der Waals surface area (Å²) in [6.45, 7) is 0. The first kappa shape index (κ1) is 28.1. The summed E-state index contributed by atoms with van der Waals surface area (Å²) in [6, 6.07) is 60.2. The van der Waals surface area contributed by atoms with Crippen molar-refractivity contribution in [3.63, 3.8) is 0 Å². The number of aliphatic imine (C=N–C) groups is 1. The zero-order valence-electron chi connectivity index (χ0n) is 25.5. The number of fused-ring (bicyclic) bond motifs is 1. The number of rotatable bonds is 7. The predicted octanol–water partition coefficient (Wildman–Crippen LogP) is 9.76. The fourth-order valence-electron chi connectivity index (χ4n) is 6.38. The molecule has 6 aromatic carbocycles. The molecule has 6 heteroatoms. The van der Waals surface area contributed by atoms with Gasteiger partial charge in [-0.25, -0.2) is 4.57 Å². The zero-order chi connectivity index (χ0) is 31.6. The third-order valence-electron chi connectivity index (χ3n) is 8.44. The largest absolute Gasteiger partial charge is 0.292 e. The first-order valence-electron chi connectivity index (χ1n) is 15.5. The van der Waals surface area contributed by atoms with E-state index in [2.05, 4.69) is 24.3 Å². The van der Waals surface area contributed by atoms with Gasteiger partial charge in [-0.1, -0.05) is 109 Å². The van der Waals surface area contributed by atoms with Gasteiger partial charge in [-0.2, -0.15) is 14.5 Å². The van der Waals surface area contributed by atoms with Gasteiger partial charge < -0.3 is 0 Å². The predicted molar refractivity (Wildman–Crippen MR) is 191 cm³/mol. The highest BCUT2D eigenvalue weighted by molar-refractivity contribution is 6.18. The molecule has 0 saturated carbocycles. The van der Waals surface area contributed by atoms with Crippen LogP contribution in [0.3, 0.4) is 0 Å². The van der Waals surface area contributed by atoms with E-state index in [0.29, 0.717) is 29.0 Å². The maximum atomic E-state index is 15.2. The van der Waals surface area contributed by atoms with E-state index in [4.69, 9.17) is 9.98 Å². The van der Waals surface area contributed by atoms with Gasteiger partial charge in [-0.15, -0.1) is 0 Å². The van der Waals surface area contributed by atoms with Crippen molar-refractivity contribution < 1.29 is 0 Å². The van der Waals surface area contributed by atoms with E-state index in [9.17, 15) is 0 Å². The smallest absolute Gasteiger partial charge is 0.280 e. The Hall–Kier alpha value is -6.37. The maximum Gasteiger partial charge on any atom is 0.292 e. The van der Waals surface area contributed by atoms with Crippen molar-refractivity contribution in [2.75, 3.05) is 4.90 Å². The lowest BCUT2D eigenvalue weighted by atomic mass is 10.1. The molecule has 0 spiro atoms. The van der Waals surface area contributed by atoms with Crippen molar-refractivity contribution >= 4 is 46.0 Å². The summed E-state index contributed by atoms with van der Waals surface area (Å²) in [4.78, 5) is 28.0. The summed E-state index contributed by atoms with van der Waals surface area (Å²) in [5.74, 6) is 1.69. The summed E-state index contributed by atoms with van der Waals surface area (Å²) in [5.41, 5.74) is 5.21. The lowest BCUT2D eigenvalue weighted by Gasteiger charge is -2.34. The first-order valence-corrected chi connectivity index (χ1v) is 15.5. The number of nitrogens with zero attached hydrogens (tertiary/aromatic N) is 5. The fourth-order valence-corrected chi connectivity index (χ4v) is 6.38. The molecule has 6 nitrogen and oxygen atoms in total. The second-order valence-corrected chi connectivity index (χ2v) is 11.2. The van der Waals surface area contributed by atoms with E-state index < -0.39 is 0 Å². The van der Waals surface area contributed by atoms with Crippen LogP contribution in [0.1, 0.15) is 5.56 Å². The van der Waals surface area contributed by atoms with Crippen molar-refractivity contribution in [1.29, 1.82) is 0 Å². The van der Waals surface area contributed by atoms with Gasteiger partial charge in [0.2, 0.25) is 11.6 Å². The van der Waals surface area contributed by atoms with Crippen LogP contribution in [0.2, 0.25) is 0 Å². The molecule has 0 fully saturated rings. The Morgan fingerprint density at radius 3 is 1.43 bits per heavy atom. The molecule has 1 aromatic heterocycles. The number of para-hydroxylation sites is 5. The molecule has 1 aliphatic heterocycles.